The van der Waals surface area contributed by atoms with Gasteiger partial charge in [-0.05, 0) is 45.6 Å². The number of nitrogens with zero attached hydrogens (tertiary/aromatic N) is 4. The number of piperidine rings is 1. The number of anilines is 1. The molecule has 1 aliphatic rings. The van der Waals surface area contributed by atoms with Crippen LogP contribution in [0.3, 0.4) is 0 Å². The minimum absolute atomic E-state index is 0.112. The molecule has 1 saturated heterocycles. The SMILES string of the molecule is Cc1nc(Cc2cc(Cl)c(F)c(C(=O)N3CCC(C)CC3)c2OC(C)C)n2ccnc(N)c12. The fourth-order valence-electron chi connectivity index (χ4n) is 4.33. The average Bonchev–Trinajstić information content (AvgIpc) is 3.08. The van der Waals surface area contributed by atoms with Gasteiger partial charge in [-0.25, -0.2) is 14.4 Å². The largest absolute Gasteiger partial charge is 0.490 e. The first-order valence-electron chi connectivity index (χ1n) is 11.2. The molecule has 1 amide bonds. The van der Waals surface area contributed by atoms with Gasteiger partial charge in [0.25, 0.3) is 5.91 Å². The highest BCUT2D eigenvalue weighted by molar-refractivity contribution is 6.31. The Morgan fingerprint density at radius 1 is 1.36 bits per heavy atom. The van der Waals surface area contributed by atoms with Gasteiger partial charge in [-0.1, -0.05) is 18.5 Å². The Morgan fingerprint density at radius 2 is 2.06 bits per heavy atom. The maximum atomic E-state index is 15.3. The molecule has 0 aliphatic carbocycles. The Balaban J connectivity index is 1.82. The lowest BCUT2D eigenvalue weighted by Gasteiger charge is -2.31. The van der Waals surface area contributed by atoms with Crippen LogP contribution in [0.5, 0.6) is 5.75 Å². The van der Waals surface area contributed by atoms with Crippen LogP contribution in [0.1, 0.15) is 61.1 Å². The summed E-state index contributed by atoms with van der Waals surface area (Å²) < 4.78 is 23.2. The maximum Gasteiger partial charge on any atom is 0.260 e. The maximum absolute atomic E-state index is 15.3. The highest BCUT2D eigenvalue weighted by Gasteiger charge is 2.31. The molecule has 9 heteroatoms. The van der Waals surface area contributed by atoms with Gasteiger partial charge < -0.3 is 15.4 Å². The summed E-state index contributed by atoms with van der Waals surface area (Å²) >= 11 is 6.29. The summed E-state index contributed by atoms with van der Waals surface area (Å²) in [4.78, 5) is 23.9. The smallest absolute Gasteiger partial charge is 0.260 e. The van der Waals surface area contributed by atoms with Gasteiger partial charge in [-0.15, -0.1) is 0 Å². The molecule has 176 valence electrons. The molecule has 33 heavy (non-hydrogen) atoms. The second-order valence-corrected chi connectivity index (χ2v) is 9.41. The van der Waals surface area contributed by atoms with E-state index in [2.05, 4.69) is 16.9 Å². The van der Waals surface area contributed by atoms with Crippen LogP contribution in [0.4, 0.5) is 10.2 Å². The zero-order valence-corrected chi connectivity index (χ0v) is 20.1. The van der Waals surface area contributed by atoms with E-state index in [0.29, 0.717) is 41.7 Å². The van der Waals surface area contributed by atoms with E-state index in [1.807, 2.05) is 25.2 Å². The van der Waals surface area contributed by atoms with Crippen molar-refractivity contribution < 1.29 is 13.9 Å². The minimum atomic E-state index is -0.753. The third-order valence-electron chi connectivity index (χ3n) is 6.07. The van der Waals surface area contributed by atoms with E-state index < -0.39 is 11.7 Å². The number of nitrogens with two attached hydrogens (primary N) is 1. The number of benzene rings is 1. The van der Waals surface area contributed by atoms with Gasteiger partial charge in [0, 0.05) is 37.5 Å². The molecular weight excluding hydrogens is 445 g/mol. The van der Waals surface area contributed by atoms with Gasteiger partial charge in [0.15, 0.2) is 5.82 Å². The van der Waals surface area contributed by atoms with Crippen LogP contribution in [-0.2, 0) is 6.42 Å². The standard InChI is InChI=1S/C24H29ClFN5O2/c1-13(2)33-22-16(12-18-29-15(4)21-23(27)28-7-10-31(18)21)11-17(25)20(26)19(22)24(32)30-8-5-14(3)6-9-30/h7,10-11,13-14H,5-6,8-9,12H2,1-4H3,(H2,27,28). The number of fused-ring (bicyclic) bond motifs is 1. The molecule has 3 heterocycles. The summed E-state index contributed by atoms with van der Waals surface area (Å²) in [5.41, 5.74) is 7.96. The van der Waals surface area contributed by atoms with Gasteiger partial charge in [-0.3, -0.25) is 9.20 Å². The number of aromatic nitrogens is 3. The molecule has 0 atom stereocenters. The van der Waals surface area contributed by atoms with E-state index in [-0.39, 0.29) is 28.9 Å². The van der Waals surface area contributed by atoms with Crippen molar-refractivity contribution in [1.82, 2.24) is 19.3 Å². The average molecular weight is 474 g/mol. The van der Waals surface area contributed by atoms with Gasteiger partial charge in [0.2, 0.25) is 0 Å². The Hall–Kier alpha value is -2.87. The van der Waals surface area contributed by atoms with Gasteiger partial charge in [0.05, 0.1) is 16.8 Å². The van der Waals surface area contributed by atoms with Crippen LogP contribution in [-0.4, -0.2) is 44.4 Å². The van der Waals surface area contributed by atoms with E-state index >= 15 is 4.39 Å². The summed E-state index contributed by atoms with van der Waals surface area (Å²) in [5.74, 6) is 0.651. The zero-order valence-electron chi connectivity index (χ0n) is 19.4. The quantitative estimate of drug-likeness (QED) is 0.582. The lowest BCUT2D eigenvalue weighted by Crippen LogP contribution is -2.38. The van der Waals surface area contributed by atoms with Crippen molar-refractivity contribution in [3.8, 4) is 5.75 Å². The van der Waals surface area contributed by atoms with Crippen LogP contribution < -0.4 is 10.5 Å². The normalized spacial score (nSPS) is 14.9. The molecule has 1 aliphatic heterocycles. The first-order chi connectivity index (χ1) is 15.7. The second kappa shape index (κ2) is 9.17. The van der Waals surface area contributed by atoms with Crippen molar-refractivity contribution >= 4 is 28.8 Å². The van der Waals surface area contributed by atoms with Crippen LogP contribution >= 0.6 is 11.6 Å². The number of hydrogen-bond acceptors (Lipinski definition) is 5. The van der Waals surface area contributed by atoms with Crippen molar-refractivity contribution in [1.29, 1.82) is 0 Å². The predicted octanol–water partition coefficient (Wildman–Crippen LogP) is 4.66. The number of carbonyl (C=O) groups is 1. The summed E-state index contributed by atoms with van der Waals surface area (Å²) in [7, 11) is 0. The highest BCUT2D eigenvalue weighted by Crippen LogP contribution is 2.36. The Morgan fingerprint density at radius 3 is 2.73 bits per heavy atom. The monoisotopic (exact) mass is 473 g/mol. The van der Waals surface area contributed by atoms with E-state index in [4.69, 9.17) is 22.1 Å². The molecule has 2 aromatic heterocycles. The fourth-order valence-corrected chi connectivity index (χ4v) is 4.56. The number of amides is 1. The molecule has 0 radical (unpaired) electrons. The topological polar surface area (TPSA) is 85.8 Å². The van der Waals surface area contributed by atoms with Gasteiger partial charge in [0.1, 0.15) is 28.5 Å². The second-order valence-electron chi connectivity index (χ2n) is 9.00. The summed E-state index contributed by atoms with van der Waals surface area (Å²) in [6.45, 7) is 8.86. The zero-order chi connectivity index (χ0) is 23.9. The number of ether oxygens (including phenoxy) is 1. The van der Waals surface area contributed by atoms with E-state index in [0.717, 1.165) is 18.5 Å². The molecule has 0 spiro atoms. The number of rotatable bonds is 5. The highest BCUT2D eigenvalue weighted by atomic mass is 35.5. The molecule has 2 N–H and O–H groups in total. The molecule has 1 aromatic carbocycles. The third-order valence-corrected chi connectivity index (χ3v) is 6.34. The van der Waals surface area contributed by atoms with E-state index in [9.17, 15) is 4.79 Å². The first kappa shape index (κ1) is 23.3. The summed E-state index contributed by atoms with van der Waals surface area (Å²) in [6.07, 6.45) is 5.15. The third kappa shape index (κ3) is 4.49. The van der Waals surface area contributed by atoms with Gasteiger partial charge in [-0.2, -0.15) is 0 Å². The summed E-state index contributed by atoms with van der Waals surface area (Å²) in [5, 5.41) is -0.117. The Kier molecular flexibility index (Phi) is 6.47. The number of carbonyl (C=O) groups excluding carboxylic acids is 1. The predicted molar refractivity (Wildman–Crippen MR) is 126 cm³/mol. The fraction of sp³-hybridized carbons (Fsp3) is 0.458. The van der Waals surface area contributed by atoms with Crippen molar-refractivity contribution in [3.63, 3.8) is 0 Å². The van der Waals surface area contributed by atoms with Crippen molar-refractivity contribution in [2.24, 2.45) is 5.92 Å². The van der Waals surface area contributed by atoms with Crippen LogP contribution in [0.15, 0.2) is 18.5 Å². The van der Waals surface area contributed by atoms with Gasteiger partial charge >= 0.3 is 0 Å². The minimum Gasteiger partial charge on any atom is -0.490 e. The number of aryl methyl sites for hydroxylation is 1. The van der Waals surface area contributed by atoms with Crippen LogP contribution in [0, 0.1) is 18.7 Å². The number of likely N-dealkylation sites (tertiary alicyclic amines) is 1. The van der Waals surface area contributed by atoms with E-state index in [1.54, 1.807) is 17.3 Å². The van der Waals surface area contributed by atoms with Crippen LogP contribution in [0.25, 0.3) is 5.52 Å². The van der Waals surface area contributed by atoms with Crippen LogP contribution in [0.2, 0.25) is 5.02 Å². The van der Waals surface area contributed by atoms with Crippen molar-refractivity contribution in [2.45, 2.75) is 53.1 Å². The van der Waals surface area contributed by atoms with E-state index in [1.165, 1.54) is 6.07 Å². The van der Waals surface area contributed by atoms with Crippen molar-refractivity contribution in [3.05, 3.63) is 51.9 Å². The lowest BCUT2D eigenvalue weighted by molar-refractivity contribution is 0.0685. The number of hydrogen-bond donors (Lipinski definition) is 1. The molecular formula is C24H29ClFN5O2. The Bertz CT molecular complexity index is 1200. The summed E-state index contributed by atoms with van der Waals surface area (Å²) in [6, 6.07) is 1.52. The molecule has 4 rings (SSSR count). The Labute approximate surface area is 197 Å². The molecule has 3 aromatic rings. The first-order valence-corrected chi connectivity index (χ1v) is 11.6. The molecule has 0 saturated carbocycles. The molecule has 1 fully saturated rings. The van der Waals surface area contributed by atoms with Crippen molar-refractivity contribution in [2.75, 3.05) is 18.8 Å². The molecule has 7 nitrogen and oxygen atoms in total. The molecule has 0 unspecified atom stereocenters. The number of nitrogen functional groups attached to an aromatic ring is 1. The lowest BCUT2D eigenvalue weighted by atomic mass is 9.97. The number of imidazole rings is 1. The molecule has 0 bridgehead atoms. The number of halogens is 2.